The monoisotopic (exact) mass is 482 g/mol. The molecule has 0 aliphatic heterocycles. The van der Waals surface area contributed by atoms with E-state index in [0.29, 0.717) is 21.1 Å². The largest absolute Gasteiger partial charge is 0.480 e. The van der Waals surface area contributed by atoms with Gasteiger partial charge in [-0.15, -0.1) is 0 Å². The fourth-order valence-corrected chi connectivity index (χ4v) is 3.84. The van der Waals surface area contributed by atoms with Crippen molar-refractivity contribution in [2.75, 3.05) is 5.73 Å². The number of hydrogen-bond acceptors (Lipinski definition) is 3. The summed E-state index contributed by atoms with van der Waals surface area (Å²) in [6, 6.07) is 12.4. The van der Waals surface area contributed by atoms with Crippen molar-refractivity contribution in [3.05, 3.63) is 62.5 Å². The Morgan fingerprint density at radius 2 is 1.69 bits per heavy atom. The molecule has 0 unspecified atom stereocenters. The van der Waals surface area contributed by atoms with Crippen molar-refractivity contribution >= 4 is 49.4 Å². The molecule has 0 radical (unpaired) electrons. The van der Waals surface area contributed by atoms with E-state index in [1.165, 1.54) is 0 Å². The molecule has 4 N–H and O–H groups in total. The first-order chi connectivity index (χ1) is 12.4. The summed E-state index contributed by atoms with van der Waals surface area (Å²) in [6.45, 7) is 0. The summed E-state index contributed by atoms with van der Waals surface area (Å²) in [7, 11) is 0. The van der Waals surface area contributed by atoms with Crippen LogP contribution in [0.2, 0.25) is 0 Å². The average Bonchev–Trinajstić information content (AvgIpc) is 2.60. The molecule has 0 saturated heterocycles. The van der Waals surface area contributed by atoms with Gasteiger partial charge in [0.05, 0.1) is 5.69 Å². The maximum absolute atomic E-state index is 12.1. The number of nitrogens with two attached hydrogens (primary N) is 1. The zero-order valence-electron chi connectivity index (χ0n) is 14.0. The Kier molecular flexibility index (Phi) is 7.66. The number of hydrogen-bond donors (Lipinski definition) is 3. The molecule has 2 aromatic carbocycles. The lowest BCUT2D eigenvalue weighted by atomic mass is 10.0. The van der Waals surface area contributed by atoms with Crippen LogP contribution in [0, 0.1) is 0 Å². The molecule has 1 atom stereocenters. The third-order valence-corrected chi connectivity index (χ3v) is 5.24. The van der Waals surface area contributed by atoms with Crippen LogP contribution in [0.15, 0.2) is 51.4 Å². The summed E-state index contributed by atoms with van der Waals surface area (Å²) in [5.74, 6) is -1.33. The van der Waals surface area contributed by atoms with E-state index in [-0.39, 0.29) is 18.7 Å². The van der Waals surface area contributed by atoms with Gasteiger partial charge in [0.15, 0.2) is 0 Å². The Morgan fingerprint density at radius 1 is 1.08 bits per heavy atom. The lowest BCUT2D eigenvalue weighted by molar-refractivity contribution is -0.141. The quantitative estimate of drug-likeness (QED) is 0.496. The van der Waals surface area contributed by atoms with Crippen LogP contribution < -0.4 is 11.1 Å². The van der Waals surface area contributed by atoms with Gasteiger partial charge >= 0.3 is 5.97 Å². The predicted molar refractivity (Wildman–Crippen MR) is 109 cm³/mol. The fourth-order valence-electron chi connectivity index (χ4n) is 2.55. The van der Waals surface area contributed by atoms with Crippen molar-refractivity contribution < 1.29 is 14.7 Å². The lowest BCUT2D eigenvalue weighted by Gasteiger charge is -2.16. The second-order valence-corrected chi connectivity index (χ2v) is 7.68. The molecule has 7 heteroatoms. The van der Waals surface area contributed by atoms with E-state index < -0.39 is 12.0 Å². The number of halogens is 2. The Hall–Kier alpha value is -1.86. The summed E-state index contributed by atoms with van der Waals surface area (Å²) >= 11 is 6.68. The molecule has 0 aliphatic rings. The van der Waals surface area contributed by atoms with Gasteiger partial charge in [-0.05, 0) is 68.0 Å². The van der Waals surface area contributed by atoms with Crippen molar-refractivity contribution in [2.45, 2.75) is 31.7 Å². The van der Waals surface area contributed by atoms with E-state index >= 15 is 0 Å². The molecule has 0 heterocycles. The SMILES string of the molecule is Nc1c(Br)cc(C[C@@H](NC(=O)CCCc2ccccc2)C(=O)O)cc1Br. The van der Waals surface area contributed by atoms with Crippen LogP contribution in [-0.2, 0) is 22.4 Å². The van der Waals surface area contributed by atoms with Crippen LogP contribution >= 0.6 is 31.9 Å². The number of carboxylic acids is 1. The van der Waals surface area contributed by atoms with Gasteiger partial charge in [0, 0.05) is 21.8 Å². The average molecular weight is 484 g/mol. The minimum atomic E-state index is -1.06. The second-order valence-electron chi connectivity index (χ2n) is 5.97. The van der Waals surface area contributed by atoms with Crippen molar-refractivity contribution in [1.29, 1.82) is 0 Å². The first-order valence-corrected chi connectivity index (χ1v) is 9.75. The number of carbonyl (C=O) groups excluding carboxylic acids is 1. The molecule has 0 fully saturated rings. The topological polar surface area (TPSA) is 92.4 Å². The number of carbonyl (C=O) groups is 2. The summed E-state index contributed by atoms with van der Waals surface area (Å²) in [6.07, 6.45) is 1.91. The molecular formula is C19H20Br2N2O3. The minimum absolute atomic E-state index is 0.178. The lowest BCUT2D eigenvalue weighted by Crippen LogP contribution is -2.42. The van der Waals surface area contributed by atoms with Crippen LogP contribution in [0.3, 0.4) is 0 Å². The zero-order valence-corrected chi connectivity index (χ0v) is 17.2. The predicted octanol–water partition coefficient (Wildman–Crippen LogP) is 3.93. The molecule has 0 aliphatic carbocycles. The van der Waals surface area contributed by atoms with Gasteiger partial charge in [-0.2, -0.15) is 0 Å². The summed E-state index contributed by atoms with van der Waals surface area (Å²) in [5, 5.41) is 12.0. The van der Waals surface area contributed by atoms with Crippen LogP contribution in [-0.4, -0.2) is 23.0 Å². The number of aryl methyl sites for hydroxylation is 1. The van der Waals surface area contributed by atoms with Crippen molar-refractivity contribution in [3.8, 4) is 0 Å². The van der Waals surface area contributed by atoms with E-state index in [0.717, 1.165) is 17.5 Å². The number of amides is 1. The van der Waals surface area contributed by atoms with E-state index in [1.807, 2.05) is 30.3 Å². The van der Waals surface area contributed by atoms with Gasteiger partial charge in [0.2, 0.25) is 5.91 Å². The number of nitrogens with one attached hydrogen (secondary N) is 1. The van der Waals surface area contributed by atoms with Gasteiger partial charge < -0.3 is 16.2 Å². The number of benzene rings is 2. The van der Waals surface area contributed by atoms with Crippen LogP contribution in [0.25, 0.3) is 0 Å². The maximum atomic E-state index is 12.1. The normalized spacial score (nSPS) is 11.8. The highest BCUT2D eigenvalue weighted by molar-refractivity contribution is 9.11. The third-order valence-electron chi connectivity index (χ3n) is 3.92. The van der Waals surface area contributed by atoms with E-state index in [4.69, 9.17) is 5.73 Å². The molecular weight excluding hydrogens is 464 g/mol. The number of anilines is 1. The standard InChI is InChI=1S/C19H20Br2N2O3/c20-14-9-13(10-15(21)18(14)22)11-16(19(25)26)23-17(24)8-4-7-12-5-2-1-3-6-12/h1-3,5-6,9-10,16H,4,7-8,11,22H2,(H,23,24)(H,25,26)/t16-/m1/s1. The van der Waals surface area contributed by atoms with Crippen molar-refractivity contribution in [3.63, 3.8) is 0 Å². The molecule has 2 rings (SSSR count). The summed E-state index contributed by atoms with van der Waals surface area (Å²) in [5.41, 5.74) is 8.31. The Bertz CT molecular complexity index is 759. The number of rotatable bonds is 8. The fraction of sp³-hybridized carbons (Fsp3) is 0.263. The van der Waals surface area contributed by atoms with Gasteiger partial charge in [-0.1, -0.05) is 30.3 Å². The third kappa shape index (κ3) is 6.14. The highest BCUT2D eigenvalue weighted by Crippen LogP contribution is 2.30. The molecule has 0 aromatic heterocycles. The summed E-state index contributed by atoms with van der Waals surface area (Å²) in [4.78, 5) is 23.6. The van der Waals surface area contributed by atoms with Crippen LogP contribution in [0.4, 0.5) is 5.69 Å². The molecule has 0 spiro atoms. The van der Waals surface area contributed by atoms with Gasteiger partial charge in [0.1, 0.15) is 6.04 Å². The van der Waals surface area contributed by atoms with E-state index in [2.05, 4.69) is 37.2 Å². The molecule has 26 heavy (non-hydrogen) atoms. The first-order valence-electron chi connectivity index (χ1n) is 8.16. The molecule has 0 bridgehead atoms. The summed E-state index contributed by atoms with van der Waals surface area (Å²) < 4.78 is 1.36. The molecule has 0 saturated carbocycles. The smallest absolute Gasteiger partial charge is 0.326 e. The highest BCUT2D eigenvalue weighted by Gasteiger charge is 2.21. The second kappa shape index (κ2) is 9.73. The molecule has 5 nitrogen and oxygen atoms in total. The Morgan fingerprint density at radius 3 is 2.27 bits per heavy atom. The number of aliphatic carboxylic acids is 1. The van der Waals surface area contributed by atoms with Crippen LogP contribution in [0.1, 0.15) is 24.0 Å². The molecule has 2 aromatic rings. The van der Waals surface area contributed by atoms with E-state index in [1.54, 1.807) is 12.1 Å². The molecule has 1 amide bonds. The van der Waals surface area contributed by atoms with Crippen molar-refractivity contribution in [1.82, 2.24) is 5.32 Å². The maximum Gasteiger partial charge on any atom is 0.326 e. The highest BCUT2D eigenvalue weighted by atomic mass is 79.9. The Balaban J connectivity index is 1.91. The first kappa shape index (κ1) is 20.5. The zero-order chi connectivity index (χ0) is 19.1. The van der Waals surface area contributed by atoms with Crippen molar-refractivity contribution in [2.24, 2.45) is 0 Å². The number of carboxylic acid groups (broad SMARTS) is 1. The van der Waals surface area contributed by atoms with Crippen LogP contribution in [0.5, 0.6) is 0 Å². The Labute approximate surface area is 169 Å². The van der Waals surface area contributed by atoms with Gasteiger partial charge in [-0.25, -0.2) is 4.79 Å². The number of nitrogen functional groups attached to an aromatic ring is 1. The van der Waals surface area contributed by atoms with E-state index in [9.17, 15) is 14.7 Å². The minimum Gasteiger partial charge on any atom is -0.480 e. The van der Waals surface area contributed by atoms with Gasteiger partial charge in [-0.3, -0.25) is 4.79 Å². The molecule has 138 valence electrons. The van der Waals surface area contributed by atoms with Gasteiger partial charge in [0.25, 0.3) is 0 Å².